The third-order valence-electron chi connectivity index (χ3n) is 2.39. The Labute approximate surface area is 110 Å². The van der Waals surface area contributed by atoms with Crippen molar-refractivity contribution in [3.63, 3.8) is 0 Å². The van der Waals surface area contributed by atoms with Crippen LogP contribution in [0.5, 0.6) is 0 Å². The van der Waals surface area contributed by atoms with Crippen LogP contribution in [0.3, 0.4) is 0 Å². The fraction of sp³-hybridized carbons (Fsp3) is 0.308. The number of carbonyl (C=O) groups is 3. The van der Waals surface area contributed by atoms with Crippen LogP contribution in [0, 0.1) is 0 Å². The Bertz CT molecular complexity index is 445. The molecule has 1 aromatic carbocycles. The largest absolute Gasteiger partial charge is 0.474 e. The van der Waals surface area contributed by atoms with Gasteiger partial charge in [-0.1, -0.05) is 30.3 Å². The fourth-order valence-corrected chi connectivity index (χ4v) is 1.41. The summed E-state index contributed by atoms with van der Waals surface area (Å²) in [6, 6.07) is 9.50. The Morgan fingerprint density at radius 3 is 2.37 bits per heavy atom. The molecule has 0 unspecified atom stereocenters. The van der Waals surface area contributed by atoms with Crippen LogP contribution in [0.2, 0.25) is 0 Å². The summed E-state index contributed by atoms with van der Waals surface area (Å²) in [5, 5.41) is 13.2. The highest BCUT2D eigenvalue weighted by atomic mass is 16.4. The first-order valence-electron chi connectivity index (χ1n) is 5.91. The molecule has 0 aromatic heterocycles. The highest BCUT2D eigenvalue weighted by Gasteiger charge is 2.09. The minimum absolute atomic E-state index is 0.131. The highest BCUT2D eigenvalue weighted by molar-refractivity contribution is 6.31. The summed E-state index contributed by atoms with van der Waals surface area (Å²) in [6.07, 6.45) is 0.645. The summed E-state index contributed by atoms with van der Waals surface area (Å²) in [5.74, 6) is -2.70. The molecule has 2 amide bonds. The molecule has 3 N–H and O–H groups in total. The third kappa shape index (κ3) is 6.21. The van der Waals surface area contributed by atoms with E-state index in [9.17, 15) is 14.4 Å². The lowest BCUT2D eigenvalue weighted by Gasteiger charge is -2.05. The zero-order valence-electron chi connectivity index (χ0n) is 10.4. The van der Waals surface area contributed by atoms with E-state index in [1.165, 1.54) is 0 Å². The molecular weight excluding hydrogens is 248 g/mol. The Morgan fingerprint density at radius 2 is 1.74 bits per heavy atom. The molecule has 0 aliphatic carbocycles. The molecule has 1 aromatic rings. The van der Waals surface area contributed by atoms with E-state index in [0.29, 0.717) is 13.0 Å². The summed E-state index contributed by atoms with van der Waals surface area (Å²) >= 11 is 0. The van der Waals surface area contributed by atoms with Gasteiger partial charge in [0.15, 0.2) is 0 Å². The van der Waals surface area contributed by atoms with Gasteiger partial charge >= 0.3 is 11.9 Å². The number of amides is 2. The lowest BCUT2D eigenvalue weighted by molar-refractivity contribution is -0.150. The number of hydrogen-bond acceptors (Lipinski definition) is 3. The highest BCUT2D eigenvalue weighted by Crippen LogP contribution is 1.97. The smallest absolute Gasteiger partial charge is 0.394 e. The molecule has 0 saturated carbocycles. The topological polar surface area (TPSA) is 95.5 Å². The number of carboxylic acids is 1. The van der Waals surface area contributed by atoms with Gasteiger partial charge in [0.2, 0.25) is 5.91 Å². The number of benzene rings is 1. The number of carboxylic acid groups (broad SMARTS) is 1. The number of nitrogens with one attached hydrogen (secondary N) is 2. The molecule has 0 saturated heterocycles. The van der Waals surface area contributed by atoms with E-state index >= 15 is 0 Å². The average molecular weight is 264 g/mol. The van der Waals surface area contributed by atoms with Gasteiger partial charge in [-0.15, -0.1) is 0 Å². The molecule has 0 fully saturated rings. The standard InChI is InChI=1S/C13H16N2O4/c16-11(7-4-8-14-12(17)13(18)19)15-9-10-5-2-1-3-6-10/h1-3,5-6H,4,7-9H2,(H,14,17)(H,15,16)(H,18,19). The zero-order valence-corrected chi connectivity index (χ0v) is 10.4. The number of carbonyl (C=O) groups excluding carboxylic acids is 2. The normalized spacial score (nSPS) is 9.68. The molecule has 0 aliphatic heterocycles. The van der Waals surface area contributed by atoms with E-state index in [1.54, 1.807) is 0 Å². The van der Waals surface area contributed by atoms with Gasteiger partial charge in [0.25, 0.3) is 0 Å². The number of aliphatic carboxylic acids is 1. The second-order valence-corrected chi connectivity index (χ2v) is 3.93. The van der Waals surface area contributed by atoms with Crippen LogP contribution >= 0.6 is 0 Å². The Hall–Kier alpha value is -2.37. The first-order valence-corrected chi connectivity index (χ1v) is 5.91. The second kappa shape index (κ2) is 7.86. The van der Waals surface area contributed by atoms with E-state index in [1.807, 2.05) is 30.3 Å². The van der Waals surface area contributed by atoms with Crippen LogP contribution in [0.15, 0.2) is 30.3 Å². The number of hydrogen-bond donors (Lipinski definition) is 3. The van der Waals surface area contributed by atoms with Gasteiger partial charge in [-0.3, -0.25) is 9.59 Å². The SMILES string of the molecule is O=C(CCCNC(=O)C(=O)O)NCc1ccccc1. The number of rotatable bonds is 6. The molecular formula is C13H16N2O4. The van der Waals surface area contributed by atoms with Crippen molar-refractivity contribution in [2.24, 2.45) is 0 Å². The molecule has 0 aliphatic rings. The van der Waals surface area contributed by atoms with Gasteiger partial charge < -0.3 is 15.7 Å². The van der Waals surface area contributed by atoms with Crippen molar-refractivity contribution in [2.75, 3.05) is 6.54 Å². The molecule has 0 bridgehead atoms. The maximum absolute atomic E-state index is 11.5. The van der Waals surface area contributed by atoms with Crippen molar-refractivity contribution < 1.29 is 19.5 Å². The first-order chi connectivity index (χ1) is 9.09. The van der Waals surface area contributed by atoms with Crippen molar-refractivity contribution in [3.8, 4) is 0 Å². The van der Waals surface area contributed by atoms with Gasteiger partial charge in [0.05, 0.1) is 0 Å². The molecule has 0 heterocycles. The maximum atomic E-state index is 11.5. The second-order valence-electron chi connectivity index (χ2n) is 3.93. The van der Waals surface area contributed by atoms with Crippen LogP contribution in [-0.2, 0) is 20.9 Å². The molecule has 102 valence electrons. The van der Waals surface area contributed by atoms with Gasteiger partial charge in [-0.25, -0.2) is 4.79 Å². The predicted octanol–water partition coefficient (Wildman–Crippen LogP) is 0.284. The Balaban J connectivity index is 2.12. The zero-order chi connectivity index (χ0) is 14.1. The molecule has 0 spiro atoms. The van der Waals surface area contributed by atoms with Crippen LogP contribution < -0.4 is 10.6 Å². The van der Waals surface area contributed by atoms with E-state index in [-0.39, 0.29) is 18.9 Å². The van der Waals surface area contributed by atoms with Crippen molar-refractivity contribution in [2.45, 2.75) is 19.4 Å². The van der Waals surface area contributed by atoms with Crippen molar-refractivity contribution >= 4 is 17.8 Å². The average Bonchev–Trinajstić information content (AvgIpc) is 2.42. The Kier molecular flexibility index (Phi) is 6.08. The predicted molar refractivity (Wildman–Crippen MR) is 68.2 cm³/mol. The van der Waals surface area contributed by atoms with Crippen LogP contribution in [0.4, 0.5) is 0 Å². The summed E-state index contributed by atoms with van der Waals surface area (Å²) < 4.78 is 0. The summed E-state index contributed by atoms with van der Waals surface area (Å²) in [5.41, 5.74) is 1.01. The minimum atomic E-state index is -1.52. The molecule has 19 heavy (non-hydrogen) atoms. The minimum Gasteiger partial charge on any atom is -0.474 e. The van der Waals surface area contributed by atoms with E-state index in [0.717, 1.165) is 5.56 Å². The van der Waals surface area contributed by atoms with Crippen molar-refractivity contribution in [1.82, 2.24) is 10.6 Å². The van der Waals surface area contributed by atoms with Crippen LogP contribution in [0.1, 0.15) is 18.4 Å². The maximum Gasteiger partial charge on any atom is 0.394 e. The van der Waals surface area contributed by atoms with E-state index in [2.05, 4.69) is 10.6 Å². The molecule has 6 nitrogen and oxygen atoms in total. The fourth-order valence-electron chi connectivity index (χ4n) is 1.41. The van der Waals surface area contributed by atoms with Crippen molar-refractivity contribution in [3.05, 3.63) is 35.9 Å². The molecule has 0 atom stereocenters. The van der Waals surface area contributed by atoms with Crippen molar-refractivity contribution in [1.29, 1.82) is 0 Å². The quantitative estimate of drug-likeness (QED) is 0.508. The molecule has 0 radical (unpaired) electrons. The summed E-state index contributed by atoms with van der Waals surface area (Å²) in [6.45, 7) is 0.630. The lowest BCUT2D eigenvalue weighted by atomic mass is 10.2. The summed E-state index contributed by atoms with van der Waals surface area (Å²) in [7, 11) is 0. The van der Waals surface area contributed by atoms with Gasteiger partial charge in [-0.05, 0) is 12.0 Å². The third-order valence-corrected chi connectivity index (χ3v) is 2.39. The first kappa shape index (κ1) is 14.7. The van der Waals surface area contributed by atoms with Gasteiger partial charge in [0, 0.05) is 19.5 Å². The van der Waals surface area contributed by atoms with Crippen LogP contribution in [-0.4, -0.2) is 29.4 Å². The molecule has 1 rings (SSSR count). The monoisotopic (exact) mass is 264 g/mol. The molecule has 6 heteroatoms. The van der Waals surface area contributed by atoms with Gasteiger partial charge in [0.1, 0.15) is 0 Å². The van der Waals surface area contributed by atoms with E-state index in [4.69, 9.17) is 5.11 Å². The lowest BCUT2D eigenvalue weighted by Crippen LogP contribution is -2.32. The van der Waals surface area contributed by atoms with Gasteiger partial charge in [-0.2, -0.15) is 0 Å². The Morgan fingerprint density at radius 1 is 1.05 bits per heavy atom. The summed E-state index contributed by atoms with van der Waals surface area (Å²) in [4.78, 5) is 32.3. The van der Waals surface area contributed by atoms with Crippen LogP contribution in [0.25, 0.3) is 0 Å². The van der Waals surface area contributed by atoms with E-state index < -0.39 is 11.9 Å².